The summed E-state index contributed by atoms with van der Waals surface area (Å²) < 4.78 is 1.78. The Morgan fingerprint density at radius 3 is 2.32 bits per heavy atom. The topological polar surface area (TPSA) is 44.5 Å². The van der Waals surface area contributed by atoms with E-state index in [0.29, 0.717) is 17.7 Å². The van der Waals surface area contributed by atoms with Crippen molar-refractivity contribution in [3.8, 4) is 0 Å². The molecule has 5 nitrogen and oxygen atoms in total. The number of benzene rings is 1. The molecule has 5 heteroatoms. The van der Waals surface area contributed by atoms with E-state index in [2.05, 4.69) is 16.8 Å². The van der Waals surface area contributed by atoms with Gasteiger partial charge in [-0.3, -0.25) is 14.5 Å². The average Bonchev–Trinajstić information content (AvgIpc) is 2.64. The Morgan fingerprint density at radius 1 is 0.920 bits per heavy atom. The van der Waals surface area contributed by atoms with Crippen LogP contribution in [-0.4, -0.2) is 61.1 Å². The van der Waals surface area contributed by atoms with Crippen molar-refractivity contribution in [2.45, 2.75) is 6.54 Å². The van der Waals surface area contributed by atoms with Crippen LogP contribution in [0.4, 0.5) is 0 Å². The zero-order chi connectivity index (χ0) is 17.6. The number of likely N-dealkylation sites (N-methyl/N-ethyl adjacent to an activating group) is 1. The number of Topliss-reactive ketones (excluding diaryl/α,β-unsaturated/α-hetero) is 2. The van der Waals surface area contributed by atoms with Crippen molar-refractivity contribution in [1.82, 2.24) is 9.80 Å². The van der Waals surface area contributed by atoms with Crippen LogP contribution in [0.3, 0.4) is 0 Å². The molecule has 0 amide bonds. The van der Waals surface area contributed by atoms with Crippen LogP contribution >= 0.6 is 0 Å². The third-order valence-corrected chi connectivity index (χ3v) is 4.57. The normalized spacial score (nSPS) is 15.9. The van der Waals surface area contributed by atoms with Crippen LogP contribution in [0.15, 0.2) is 54.9 Å². The molecule has 1 fully saturated rings. The van der Waals surface area contributed by atoms with Gasteiger partial charge in [0.25, 0.3) is 0 Å². The van der Waals surface area contributed by atoms with Gasteiger partial charge in [-0.25, -0.2) is 0 Å². The molecule has 0 spiro atoms. The number of nitrogens with zero attached hydrogens (tertiary/aromatic N) is 3. The summed E-state index contributed by atoms with van der Waals surface area (Å²) in [5.41, 5.74) is 1.34. The SMILES string of the molecule is CN1CCN(CC(=O)c2ccc[n+](CC(=O)c3ccccc3)c2)CC1. The van der Waals surface area contributed by atoms with Crippen molar-refractivity contribution in [2.75, 3.05) is 39.8 Å². The fraction of sp³-hybridized carbons (Fsp3) is 0.350. The Bertz CT molecular complexity index is 738. The molecule has 0 bridgehead atoms. The first-order valence-electron chi connectivity index (χ1n) is 8.63. The number of ketones is 2. The number of carbonyl (C=O) groups is 2. The molecule has 0 unspecified atom stereocenters. The van der Waals surface area contributed by atoms with Crippen molar-refractivity contribution in [3.63, 3.8) is 0 Å². The lowest BCUT2D eigenvalue weighted by molar-refractivity contribution is -0.683. The van der Waals surface area contributed by atoms with E-state index in [-0.39, 0.29) is 18.1 Å². The Hall–Kier alpha value is -2.37. The highest BCUT2D eigenvalue weighted by Crippen LogP contribution is 2.04. The Morgan fingerprint density at radius 2 is 1.60 bits per heavy atom. The lowest BCUT2D eigenvalue weighted by Gasteiger charge is -2.31. The maximum Gasteiger partial charge on any atom is 0.227 e. The van der Waals surface area contributed by atoms with Crippen LogP contribution in [0.1, 0.15) is 20.7 Å². The molecule has 1 aromatic heterocycles. The van der Waals surface area contributed by atoms with Crippen molar-refractivity contribution in [2.24, 2.45) is 0 Å². The number of carbonyl (C=O) groups excluding carboxylic acids is 2. The van der Waals surface area contributed by atoms with E-state index in [1.54, 1.807) is 10.8 Å². The first-order valence-corrected chi connectivity index (χ1v) is 8.63. The molecule has 3 rings (SSSR count). The summed E-state index contributed by atoms with van der Waals surface area (Å²) in [6.07, 6.45) is 3.60. The van der Waals surface area contributed by atoms with Crippen LogP contribution in [-0.2, 0) is 6.54 Å². The molecule has 130 valence electrons. The smallest absolute Gasteiger partial charge is 0.227 e. The third-order valence-electron chi connectivity index (χ3n) is 4.57. The van der Waals surface area contributed by atoms with Crippen LogP contribution in [0.5, 0.6) is 0 Å². The van der Waals surface area contributed by atoms with Crippen LogP contribution < -0.4 is 4.57 Å². The van der Waals surface area contributed by atoms with Gasteiger partial charge in [0.2, 0.25) is 12.3 Å². The molecule has 0 atom stereocenters. The van der Waals surface area contributed by atoms with Gasteiger partial charge in [0.15, 0.2) is 18.2 Å². The zero-order valence-corrected chi connectivity index (χ0v) is 14.6. The fourth-order valence-corrected chi connectivity index (χ4v) is 2.97. The summed E-state index contributed by atoms with van der Waals surface area (Å²) >= 11 is 0. The van der Waals surface area contributed by atoms with Gasteiger partial charge in [-0.05, 0) is 13.1 Å². The lowest BCUT2D eigenvalue weighted by Crippen LogP contribution is -2.46. The third kappa shape index (κ3) is 4.81. The standard InChI is InChI=1S/C20H24N3O2/c1-21-10-12-22(13-11-21)15-20(25)18-8-5-9-23(14-18)16-19(24)17-6-3-2-4-7-17/h2-9,14H,10-13,15-16H2,1H3/q+1. The first kappa shape index (κ1) is 17.5. The van der Waals surface area contributed by atoms with Crippen molar-refractivity contribution in [1.29, 1.82) is 0 Å². The molecule has 1 aliphatic heterocycles. The van der Waals surface area contributed by atoms with Gasteiger partial charge in [-0.15, -0.1) is 0 Å². The monoisotopic (exact) mass is 338 g/mol. The van der Waals surface area contributed by atoms with Gasteiger partial charge in [0, 0.05) is 37.8 Å². The van der Waals surface area contributed by atoms with E-state index >= 15 is 0 Å². The van der Waals surface area contributed by atoms with E-state index in [1.165, 1.54) is 0 Å². The van der Waals surface area contributed by atoms with Gasteiger partial charge in [-0.2, -0.15) is 4.57 Å². The van der Waals surface area contributed by atoms with E-state index < -0.39 is 0 Å². The Labute approximate surface area is 148 Å². The van der Waals surface area contributed by atoms with Crippen LogP contribution in [0.2, 0.25) is 0 Å². The molecule has 0 N–H and O–H groups in total. The quantitative estimate of drug-likeness (QED) is 0.588. The average molecular weight is 338 g/mol. The van der Waals surface area contributed by atoms with Gasteiger partial charge in [0.05, 0.1) is 12.1 Å². The van der Waals surface area contributed by atoms with Crippen LogP contribution in [0.25, 0.3) is 0 Å². The summed E-state index contributed by atoms with van der Waals surface area (Å²) in [6, 6.07) is 12.9. The fourth-order valence-electron chi connectivity index (χ4n) is 2.97. The molecule has 25 heavy (non-hydrogen) atoms. The molecule has 1 saturated heterocycles. The van der Waals surface area contributed by atoms with Gasteiger partial charge >= 0.3 is 0 Å². The second-order valence-electron chi connectivity index (χ2n) is 6.56. The van der Waals surface area contributed by atoms with E-state index in [9.17, 15) is 9.59 Å². The van der Waals surface area contributed by atoms with Crippen molar-refractivity contribution >= 4 is 11.6 Å². The lowest BCUT2D eigenvalue weighted by atomic mass is 10.1. The maximum absolute atomic E-state index is 12.5. The Balaban J connectivity index is 1.63. The predicted molar refractivity (Wildman–Crippen MR) is 95.7 cm³/mol. The molecule has 0 radical (unpaired) electrons. The minimum atomic E-state index is 0.0364. The van der Waals surface area contributed by atoms with E-state index in [0.717, 1.165) is 26.2 Å². The number of pyridine rings is 1. The number of piperazine rings is 1. The molecular formula is C20H24N3O2+. The molecule has 0 saturated carbocycles. The molecule has 2 aromatic rings. The Kier molecular flexibility index (Phi) is 5.68. The number of hydrogen-bond acceptors (Lipinski definition) is 4. The summed E-state index contributed by atoms with van der Waals surface area (Å²) in [5.74, 6) is 0.139. The largest absolute Gasteiger partial charge is 0.304 e. The summed E-state index contributed by atoms with van der Waals surface area (Å²) in [6.45, 7) is 4.49. The minimum absolute atomic E-state index is 0.0364. The number of rotatable bonds is 6. The van der Waals surface area contributed by atoms with Crippen molar-refractivity contribution in [3.05, 3.63) is 66.0 Å². The predicted octanol–water partition coefficient (Wildman–Crippen LogP) is 1.29. The molecule has 2 heterocycles. The summed E-state index contributed by atoms with van der Waals surface area (Å²) in [5, 5.41) is 0. The minimum Gasteiger partial charge on any atom is -0.304 e. The zero-order valence-electron chi connectivity index (χ0n) is 14.6. The highest BCUT2D eigenvalue weighted by atomic mass is 16.1. The van der Waals surface area contributed by atoms with Gasteiger partial charge in [-0.1, -0.05) is 30.3 Å². The molecular weight excluding hydrogens is 314 g/mol. The van der Waals surface area contributed by atoms with E-state index in [4.69, 9.17) is 0 Å². The van der Waals surface area contributed by atoms with Crippen molar-refractivity contribution < 1.29 is 14.2 Å². The van der Waals surface area contributed by atoms with Gasteiger partial charge in [0.1, 0.15) is 0 Å². The highest BCUT2D eigenvalue weighted by Gasteiger charge is 2.19. The van der Waals surface area contributed by atoms with Gasteiger partial charge < -0.3 is 4.90 Å². The molecule has 1 aromatic carbocycles. The number of hydrogen-bond donors (Lipinski definition) is 0. The second-order valence-corrected chi connectivity index (χ2v) is 6.56. The highest BCUT2D eigenvalue weighted by molar-refractivity contribution is 5.97. The maximum atomic E-state index is 12.5. The summed E-state index contributed by atoms with van der Waals surface area (Å²) in [7, 11) is 2.10. The van der Waals surface area contributed by atoms with Crippen LogP contribution in [0, 0.1) is 0 Å². The second kappa shape index (κ2) is 8.14. The molecule has 0 aliphatic carbocycles. The molecule has 1 aliphatic rings. The first-order chi connectivity index (χ1) is 12.1. The summed E-state index contributed by atoms with van der Waals surface area (Å²) in [4.78, 5) is 29.3. The van der Waals surface area contributed by atoms with E-state index in [1.807, 2.05) is 48.7 Å². The number of aromatic nitrogens is 1.